The second-order valence-electron chi connectivity index (χ2n) is 6.09. The summed E-state index contributed by atoms with van der Waals surface area (Å²) >= 11 is 0. The normalized spacial score (nSPS) is 13.0. The predicted octanol–water partition coefficient (Wildman–Crippen LogP) is 3.24. The summed E-state index contributed by atoms with van der Waals surface area (Å²) in [5.74, 6) is 0.790. The van der Waals surface area contributed by atoms with Crippen molar-refractivity contribution in [2.45, 2.75) is 63.9 Å². The Hall–Kier alpha value is -0.870. The lowest BCUT2D eigenvalue weighted by atomic mass is 10.1. The molecule has 1 rings (SSSR count). The van der Waals surface area contributed by atoms with Crippen molar-refractivity contribution in [2.75, 3.05) is 13.6 Å². The first-order valence-corrected chi connectivity index (χ1v) is 10.5. The first kappa shape index (κ1) is 25.1. The maximum atomic E-state index is 11.7. The molecule has 0 spiro atoms. The summed E-state index contributed by atoms with van der Waals surface area (Å²) in [6.07, 6.45) is 4.81. The van der Waals surface area contributed by atoms with Crippen LogP contribution in [0.2, 0.25) is 0 Å². The van der Waals surface area contributed by atoms with E-state index in [1.54, 1.807) is 24.3 Å². The third kappa shape index (κ3) is 9.18. The molecule has 0 radical (unpaired) electrons. The molecule has 26 heavy (non-hydrogen) atoms. The number of benzene rings is 1. The highest BCUT2D eigenvalue weighted by atomic mass is 127. The molecule has 0 aliphatic heterocycles. The minimum Gasteiger partial charge on any atom is -0.357 e. The van der Waals surface area contributed by atoms with Gasteiger partial charge in [0.15, 0.2) is 5.96 Å². The number of sulfonamides is 1. The topological polar surface area (TPSA) is 82.6 Å². The van der Waals surface area contributed by atoms with Crippen molar-refractivity contribution in [3.63, 3.8) is 0 Å². The Morgan fingerprint density at radius 1 is 1.15 bits per heavy atom. The molecular weight excluding hydrogens is 463 g/mol. The molecule has 3 N–H and O–H groups in total. The van der Waals surface area contributed by atoms with E-state index < -0.39 is 10.0 Å². The molecule has 1 aromatic rings. The van der Waals surface area contributed by atoms with Crippen LogP contribution in [0, 0.1) is 0 Å². The summed E-state index contributed by atoms with van der Waals surface area (Å²) in [5, 5.41) is 6.68. The minimum absolute atomic E-state index is 0. The maximum Gasteiger partial charge on any atom is 0.240 e. The van der Waals surface area contributed by atoms with Crippen molar-refractivity contribution < 1.29 is 8.42 Å². The number of aliphatic imine (C=N–C) groups is 1. The highest BCUT2D eigenvalue weighted by Crippen LogP contribution is 2.11. The zero-order valence-corrected chi connectivity index (χ0v) is 19.4. The highest BCUT2D eigenvalue weighted by Gasteiger charge is 2.10. The van der Waals surface area contributed by atoms with Crippen LogP contribution in [-0.2, 0) is 16.6 Å². The fourth-order valence-electron chi connectivity index (χ4n) is 2.39. The lowest BCUT2D eigenvalue weighted by Gasteiger charge is -2.17. The first-order chi connectivity index (χ1) is 11.9. The molecule has 0 aromatic heterocycles. The number of halogens is 1. The second kappa shape index (κ2) is 13.3. The third-order valence-electron chi connectivity index (χ3n) is 3.89. The summed E-state index contributed by atoms with van der Waals surface area (Å²) in [4.78, 5) is 4.85. The molecule has 0 heterocycles. The van der Waals surface area contributed by atoms with Crippen LogP contribution in [0.25, 0.3) is 0 Å². The van der Waals surface area contributed by atoms with Gasteiger partial charge in [0, 0.05) is 12.6 Å². The molecule has 0 amide bonds. The van der Waals surface area contributed by atoms with Crippen molar-refractivity contribution in [3.05, 3.63) is 29.8 Å². The Kier molecular flexibility index (Phi) is 12.9. The standard InChI is InChI=1S/C18H32N4O2S.HI/c1-5-7-8-9-15(3)22-18(20-6-2)21-14-16-10-12-17(13-11-16)25(23,24)19-4;/h10-13,15,19H,5-9,14H2,1-4H3,(H2,20,21,22);1H. The molecule has 0 saturated carbocycles. The second-order valence-corrected chi connectivity index (χ2v) is 7.97. The van der Waals surface area contributed by atoms with E-state index in [-0.39, 0.29) is 28.9 Å². The lowest BCUT2D eigenvalue weighted by Crippen LogP contribution is -2.42. The third-order valence-corrected chi connectivity index (χ3v) is 5.32. The van der Waals surface area contributed by atoms with E-state index >= 15 is 0 Å². The average molecular weight is 496 g/mol. The van der Waals surface area contributed by atoms with Crippen LogP contribution >= 0.6 is 24.0 Å². The molecule has 1 aromatic carbocycles. The van der Waals surface area contributed by atoms with E-state index in [1.165, 1.54) is 26.3 Å². The lowest BCUT2D eigenvalue weighted by molar-refractivity contribution is 0.547. The fourth-order valence-corrected chi connectivity index (χ4v) is 3.12. The predicted molar refractivity (Wildman–Crippen MR) is 120 cm³/mol. The van der Waals surface area contributed by atoms with E-state index in [4.69, 9.17) is 0 Å². The van der Waals surface area contributed by atoms with E-state index in [9.17, 15) is 8.42 Å². The number of hydrogen-bond donors (Lipinski definition) is 3. The van der Waals surface area contributed by atoms with Crippen LogP contribution in [0.4, 0.5) is 0 Å². The van der Waals surface area contributed by atoms with Gasteiger partial charge in [0.1, 0.15) is 0 Å². The summed E-state index contributed by atoms with van der Waals surface area (Å²) in [5.41, 5.74) is 0.964. The molecule has 0 bridgehead atoms. The van der Waals surface area contributed by atoms with Crippen LogP contribution < -0.4 is 15.4 Å². The average Bonchev–Trinajstić information content (AvgIpc) is 2.60. The number of guanidine groups is 1. The van der Waals surface area contributed by atoms with E-state index in [0.29, 0.717) is 12.6 Å². The number of rotatable bonds is 10. The minimum atomic E-state index is -3.39. The van der Waals surface area contributed by atoms with Crippen molar-refractivity contribution in [2.24, 2.45) is 4.99 Å². The highest BCUT2D eigenvalue weighted by molar-refractivity contribution is 14.0. The van der Waals surface area contributed by atoms with Crippen LogP contribution in [0.5, 0.6) is 0 Å². The van der Waals surface area contributed by atoms with Gasteiger partial charge in [0.2, 0.25) is 10.0 Å². The van der Waals surface area contributed by atoms with Gasteiger partial charge in [-0.2, -0.15) is 0 Å². The molecule has 1 unspecified atom stereocenters. The van der Waals surface area contributed by atoms with Gasteiger partial charge in [-0.05, 0) is 45.0 Å². The maximum absolute atomic E-state index is 11.7. The zero-order valence-electron chi connectivity index (χ0n) is 16.2. The van der Waals surface area contributed by atoms with Crippen LogP contribution in [0.15, 0.2) is 34.2 Å². The summed E-state index contributed by atoms with van der Waals surface area (Å²) < 4.78 is 25.8. The Bertz CT molecular complexity index is 633. The van der Waals surface area contributed by atoms with E-state index in [2.05, 4.69) is 34.2 Å². The molecule has 0 aliphatic carbocycles. The van der Waals surface area contributed by atoms with Gasteiger partial charge >= 0.3 is 0 Å². The van der Waals surface area contributed by atoms with Crippen LogP contribution in [0.1, 0.15) is 52.0 Å². The first-order valence-electron chi connectivity index (χ1n) is 9.00. The van der Waals surface area contributed by atoms with E-state index in [1.807, 2.05) is 6.92 Å². The molecule has 150 valence electrons. The summed E-state index contributed by atoms with van der Waals surface area (Å²) in [6, 6.07) is 7.16. The van der Waals surface area contributed by atoms with Crippen LogP contribution in [-0.4, -0.2) is 34.0 Å². The Balaban J connectivity index is 0.00000625. The van der Waals surface area contributed by atoms with Crippen molar-refractivity contribution in [1.29, 1.82) is 0 Å². The van der Waals surface area contributed by atoms with Crippen molar-refractivity contribution >= 4 is 40.0 Å². The van der Waals surface area contributed by atoms with Gasteiger partial charge in [0.25, 0.3) is 0 Å². The number of nitrogens with zero attached hydrogens (tertiary/aromatic N) is 1. The molecule has 8 heteroatoms. The van der Waals surface area contributed by atoms with Gasteiger partial charge in [-0.25, -0.2) is 18.1 Å². The van der Waals surface area contributed by atoms with Gasteiger partial charge in [-0.3, -0.25) is 0 Å². The molecule has 0 aliphatic rings. The summed E-state index contributed by atoms with van der Waals surface area (Å²) in [6.45, 7) is 7.71. The van der Waals surface area contributed by atoms with Crippen LogP contribution in [0.3, 0.4) is 0 Å². The molecule has 0 fully saturated rings. The molecule has 0 saturated heterocycles. The van der Waals surface area contributed by atoms with Gasteiger partial charge in [-0.15, -0.1) is 24.0 Å². The smallest absolute Gasteiger partial charge is 0.240 e. The fraction of sp³-hybridized carbons (Fsp3) is 0.611. The number of unbranched alkanes of at least 4 members (excludes halogenated alkanes) is 2. The largest absolute Gasteiger partial charge is 0.357 e. The Labute approximate surface area is 175 Å². The molecule has 1 atom stereocenters. The molecule has 6 nitrogen and oxygen atoms in total. The number of nitrogens with one attached hydrogen (secondary N) is 3. The number of hydrogen-bond acceptors (Lipinski definition) is 3. The molecular formula is C18H33IN4O2S. The Morgan fingerprint density at radius 3 is 2.35 bits per heavy atom. The monoisotopic (exact) mass is 496 g/mol. The zero-order chi connectivity index (χ0) is 18.7. The Morgan fingerprint density at radius 2 is 1.81 bits per heavy atom. The van der Waals surface area contributed by atoms with Crippen molar-refractivity contribution in [1.82, 2.24) is 15.4 Å². The quantitative estimate of drug-likeness (QED) is 0.201. The van der Waals surface area contributed by atoms with Crippen molar-refractivity contribution in [3.8, 4) is 0 Å². The summed E-state index contributed by atoms with van der Waals surface area (Å²) in [7, 11) is -1.99. The van der Waals surface area contributed by atoms with E-state index in [0.717, 1.165) is 24.5 Å². The SMILES string of the molecule is CCCCCC(C)NC(=NCc1ccc(S(=O)(=O)NC)cc1)NCC.I. The van der Waals surface area contributed by atoms with Gasteiger partial charge < -0.3 is 10.6 Å². The van der Waals surface area contributed by atoms with Gasteiger partial charge in [-0.1, -0.05) is 38.3 Å². The van der Waals surface area contributed by atoms with Gasteiger partial charge in [0.05, 0.1) is 11.4 Å².